The molecule has 3 atom stereocenters. The third-order valence-electron chi connectivity index (χ3n) is 4.48. The number of hydrogen-bond donors (Lipinski definition) is 0. The van der Waals surface area contributed by atoms with Gasteiger partial charge in [-0.25, -0.2) is 12.8 Å². The van der Waals surface area contributed by atoms with Gasteiger partial charge in [-0.1, -0.05) is 29.8 Å². The number of carbonyl (C=O) groups is 1. The zero-order valence-electron chi connectivity index (χ0n) is 12.8. The molecule has 0 saturated heterocycles. The van der Waals surface area contributed by atoms with Crippen molar-refractivity contribution in [3.63, 3.8) is 0 Å². The van der Waals surface area contributed by atoms with Crippen LogP contribution in [0.4, 0.5) is 4.39 Å². The van der Waals surface area contributed by atoms with Gasteiger partial charge in [0.25, 0.3) is 0 Å². The first-order chi connectivity index (χ1) is 11.4. The highest BCUT2D eigenvalue weighted by Gasteiger charge is 2.72. The number of carbonyl (C=O) groups excluding carboxylic acids is 1. The fourth-order valence-corrected chi connectivity index (χ4v) is 5.34. The first-order valence-electron chi connectivity index (χ1n) is 7.30. The van der Waals surface area contributed by atoms with Crippen molar-refractivity contribution in [2.75, 3.05) is 0 Å². The zero-order valence-corrected chi connectivity index (χ0v) is 13.6. The molecule has 0 amide bonds. The van der Waals surface area contributed by atoms with E-state index in [1.54, 1.807) is 12.1 Å². The number of sulfone groups is 1. The van der Waals surface area contributed by atoms with Crippen LogP contribution in [0, 0.1) is 29.5 Å². The number of rotatable bonds is 4. The van der Waals surface area contributed by atoms with Crippen LogP contribution in [0.2, 0.25) is 0 Å². The molecule has 2 aromatic carbocycles. The molecular formula is C18H14FNO3S. The van der Waals surface area contributed by atoms with Gasteiger partial charge in [-0.3, -0.25) is 0 Å². The number of nitriles is 1. The molecule has 1 saturated carbocycles. The zero-order chi connectivity index (χ0) is 17.5. The number of halogens is 1. The van der Waals surface area contributed by atoms with Crippen molar-refractivity contribution in [2.45, 2.75) is 23.0 Å². The number of nitrogens with zero attached hydrogens (tertiary/aromatic N) is 1. The van der Waals surface area contributed by atoms with Crippen molar-refractivity contribution in [3.8, 4) is 6.07 Å². The Hall–Kier alpha value is -2.52. The molecule has 1 aliphatic rings. The van der Waals surface area contributed by atoms with E-state index in [1.807, 2.05) is 13.0 Å². The standard InChI is InChI=1S/C18H14FNO3S/c1-12-2-8-15(9-3-12)24(22,23)17-16(18(17,10-20)11-21)13-4-6-14(19)7-5-13/h2-9,11,16-17H,1H3/t16-,17+,18+/m0/s1. The van der Waals surface area contributed by atoms with Crippen LogP contribution in [0.3, 0.4) is 0 Å². The van der Waals surface area contributed by atoms with E-state index in [-0.39, 0.29) is 4.90 Å². The van der Waals surface area contributed by atoms with E-state index in [0.717, 1.165) is 5.56 Å². The van der Waals surface area contributed by atoms with E-state index in [0.29, 0.717) is 11.8 Å². The van der Waals surface area contributed by atoms with Crippen LogP contribution < -0.4 is 0 Å². The molecule has 1 aliphatic carbocycles. The molecular weight excluding hydrogens is 329 g/mol. The normalized spacial score (nSPS) is 25.7. The van der Waals surface area contributed by atoms with Gasteiger partial charge < -0.3 is 4.79 Å². The Balaban J connectivity index is 2.08. The maximum Gasteiger partial charge on any atom is 0.183 e. The summed E-state index contributed by atoms with van der Waals surface area (Å²) in [7, 11) is -3.87. The van der Waals surface area contributed by atoms with Crippen molar-refractivity contribution in [1.29, 1.82) is 5.26 Å². The maximum absolute atomic E-state index is 13.1. The van der Waals surface area contributed by atoms with Crippen molar-refractivity contribution in [2.24, 2.45) is 5.41 Å². The minimum Gasteiger partial charge on any atom is -0.302 e. The fraction of sp³-hybridized carbons (Fsp3) is 0.222. The van der Waals surface area contributed by atoms with Gasteiger partial charge in [0.2, 0.25) is 0 Å². The Bertz CT molecular complexity index is 930. The van der Waals surface area contributed by atoms with Crippen molar-refractivity contribution in [3.05, 3.63) is 65.5 Å². The summed E-state index contributed by atoms with van der Waals surface area (Å²) in [6.07, 6.45) is 0.400. The summed E-state index contributed by atoms with van der Waals surface area (Å²) < 4.78 is 38.9. The minimum atomic E-state index is -3.87. The van der Waals surface area contributed by atoms with Crippen LogP contribution in [0.1, 0.15) is 17.0 Å². The molecule has 4 nitrogen and oxygen atoms in total. The van der Waals surface area contributed by atoms with E-state index in [9.17, 15) is 22.9 Å². The lowest BCUT2D eigenvalue weighted by Gasteiger charge is -2.05. The first kappa shape index (κ1) is 16.3. The van der Waals surface area contributed by atoms with Crippen LogP contribution in [-0.4, -0.2) is 20.0 Å². The lowest BCUT2D eigenvalue weighted by atomic mass is 10.0. The molecule has 2 aromatic rings. The largest absolute Gasteiger partial charge is 0.302 e. The van der Waals surface area contributed by atoms with Gasteiger partial charge in [0.05, 0.1) is 11.0 Å². The lowest BCUT2D eigenvalue weighted by Crippen LogP contribution is -2.16. The number of hydrogen-bond acceptors (Lipinski definition) is 4. The summed E-state index contributed by atoms with van der Waals surface area (Å²) in [6, 6.07) is 13.3. The van der Waals surface area contributed by atoms with Crippen molar-refractivity contribution < 1.29 is 17.6 Å². The summed E-state index contributed by atoms with van der Waals surface area (Å²) in [5.74, 6) is -1.27. The molecule has 0 radical (unpaired) electrons. The lowest BCUT2D eigenvalue weighted by molar-refractivity contribution is -0.110. The molecule has 0 N–H and O–H groups in total. The molecule has 3 rings (SSSR count). The SMILES string of the molecule is Cc1ccc(S(=O)(=O)[C@@H]2[C@H](c3ccc(F)cc3)[C@@]2(C#N)C=O)cc1. The Labute approximate surface area is 139 Å². The van der Waals surface area contributed by atoms with Gasteiger partial charge in [0.1, 0.15) is 22.8 Å². The first-order valence-corrected chi connectivity index (χ1v) is 8.85. The molecule has 122 valence electrons. The Morgan fingerprint density at radius 3 is 2.21 bits per heavy atom. The summed E-state index contributed by atoms with van der Waals surface area (Å²) in [5, 5.41) is 8.28. The highest BCUT2D eigenvalue weighted by atomic mass is 32.2. The third-order valence-corrected chi connectivity index (χ3v) is 6.74. The Kier molecular flexibility index (Phi) is 3.77. The van der Waals surface area contributed by atoms with Crippen molar-refractivity contribution >= 4 is 16.1 Å². The highest BCUT2D eigenvalue weighted by Crippen LogP contribution is 2.62. The number of aldehydes is 1. The number of benzene rings is 2. The van der Waals surface area contributed by atoms with Crippen LogP contribution in [0.5, 0.6) is 0 Å². The molecule has 0 spiro atoms. The summed E-state index contributed by atoms with van der Waals surface area (Å²) in [5.41, 5.74) is -0.269. The second kappa shape index (κ2) is 5.53. The quantitative estimate of drug-likeness (QED) is 0.800. The number of aryl methyl sites for hydroxylation is 1. The second-order valence-electron chi connectivity index (χ2n) is 5.97. The Morgan fingerprint density at radius 2 is 1.71 bits per heavy atom. The maximum atomic E-state index is 13.1. The Morgan fingerprint density at radius 1 is 1.12 bits per heavy atom. The van der Waals surface area contributed by atoms with Crippen molar-refractivity contribution in [1.82, 2.24) is 0 Å². The van der Waals surface area contributed by atoms with E-state index in [4.69, 9.17) is 0 Å². The minimum absolute atomic E-state index is 0.0733. The van der Waals surface area contributed by atoms with Gasteiger partial charge in [0.15, 0.2) is 9.84 Å². The monoisotopic (exact) mass is 343 g/mol. The molecule has 1 fully saturated rings. The average molecular weight is 343 g/mol. The van der Waals surface area contributed by atoms with Crippen LogP contribution in [0.25, 0.3) is 0 Å². The molecule has 24 heavy (non-hydrogen) atoms. The smallest absolute Gasteiger partial charge is 0.183 e. The topological polar surface area (TPSA) is 75.0 Å². The van der Waals surface area contributed by atoms with Gasteiger partial charge in [-0.2, -0.15) is 5.26 Å². The predicted molar refractivity (Wildman–Crippen MR) is 85.4 cm³/mol. The van der Waals surface area contributed by atoms with Gasteiger partial charge in [-0.15, -0.1) is 0 Å². The fourth-order valence-electron chi connectivity index (χ4n) is 3.11. The summed E-state index contributed by atoms with van der Waals surface area (Å²) >= 11 is 0. The van der Waals surface area contributed by atoms with Gasteiger partial charge in [-0.05, 0) is 36.8 Å². The summed E-state index contributed by atoms with van der Waals surface area (Å²) in [4.78, 5) is 11.6. The molecule has 0 unspecified atom stereocenters. The van der Waals surface area contributed by atoms with E-state index in [1.165, 1.54) is 36.4 Å². The van der Waals surface area contributed by atoms with E-state index in [2.05, 4.69) is 0 Å². The average Bonchev–Trinajstić information content (AvgIpc) is 3.26. The molecule has 0 aliphatic heterocycles. The van der Waals surface area contributed by atoms with E-state index < -0.39 is 32.2 Å². The van der Waals surface area contributed by atoms with E-state index >= 15 is 0 Å². The van der Waals surface area contributed by atoms with Gasteiger partial charge >= 0.3 is 0 Å². The molecule has 6 heteroatoms. The van der Waals surface area contributed by atoms with Crippen LogP contribution >= 0.6 is 0 Å². The summed E-state index contributed by atoms with van der Waals surface area (Å²) in [6.45, 7) is 1.83. The molecule has 0 aromatic heterocycles. The molecule has 0 heterocycles. The predicted octanol–water partition coefficient (Wildman–Crippen LogP) is 2.78. The molecule has 0 bridgehead atoms. The third kappa shape index (κ3) is 2.33. The van der Waals surface area contributed by atoms with Gasteiger partial charge in [0, 0.05) is 5.92 Å². The van der Waals surface area contributed by atoms with Crippen LogP contribution in [0.15, 0.2) is 53.4 Å². The van der Waals surface area contributed by atoms with Crippen LogP contribution in [-0.2, 0) is 14.6 Å². The second-order valence-corrected chi connectivity index (χ2v) is 8.04. The highest BCUT2D eigenvalue weighted by molar-refractivity contribution is 7.92.